The first kappa shape index (κ1) is 20.4. The topological polar surface area (TPSA) is 88.6 Å². The zero-order chi connectivity index (χ0) is 20.3. The summed E-state index contributed by atoms with van der Waals surface area (Å²) in [6.07, 6.45) is 3.64. The summed E-state index contributed by atoms with van der Waals surface area (Å²) in [5.74, 6) is 0.472. The first-order valence-electron chi connectivity index (χ1n) is 8.99. The molecular weight excluding hydrogens is 402 g/mol. The van der Waals surface area contributed by atoms with Gasteiger partial charge < -0.3 is 10.1 Å². The summed E-state index contributed by atoms with van der Waals surface area (Å²) >= 11 is 6.16. The van der Waals surface area contributed by atoms with Crippen LogP contribution >= 0.6 is 11.6 Å². The summed E-state index contributed by atoms with van der Waals surface area (Å²) in [5, 5.41) is 2.96. The first-order chi connectivity index (χ1) is 13.3. The van der Waals surface area contributed by atoms with E-state index in [-0.39, 0.29) is 22.2 Å². The van der Waals surface area contributed by atoms with Crippen LogP contribution in [0.25, 0.3) is 0 Å². The number of ether oxygens (including phenoxy) is 1. The Labute approximate surface area is 169 Å². The van der Waals surface area contributed by atoms with Crippen molar-refractivity contribution in [2.24, 2.45) is 0 Å². The van der Waals surface area contributed by atoms with Gasteiger partial charge in [-0.2, -0.15) is 0 Å². The maximum absolute atomic E-state index is 12.8. The molecule has 0 radical (unpaired) electrons. The van der Waals surface area contributed by atoms with Crippen LogP contribution in [0.5, 0.6) is 5.75 Å². The van der Waals surface area contributed by atoms with Crippen molar-refractivity contribution in [3.63, 3.8) is 0 Å². The number of anilines is 2. The fourth-order valence-corrected chi connectivity index (χ4v) is 4.81. The molecule has 150 valence electrons. The molecule has 0 aliphatic carbocycles. The van der Waals surface area contributed by atoms with Gasteiger partial charge in [-0.3, -0.25) is 9.10 Å². The summed E-state index contributed by atoms with van der Waals surface area (Å²) in [4.78, 5) is 16.9. The molecule has 28 heavy (non-hydrogen) atoms. The molecule has 0 bridgehead atoms. The minimum absolute atomic E-state index is 0.0723. The molecule has 2 aromatic rings. The van der Waals surface area contributed by atoms with E-state index in [2.05, 4.69) is 17.2 Å². The van der Waals surface area contributed by atoms with Gasteiger partial charge in [0.1, 0.15) is 11.6 Å². The Kier molecular flexibility index (Phi) is 6.10. The monoisotopic (exact) mass is 423 g/mol. The SMILES string of the molecule is CCCc1cc(NC(=O)c2cc(N3CCCS3(=O)=O)ncc2Cl)cc(OC)c1. The van der Waals surface area contributed by atoms with Crippen molar-refractivity contribution < 1.29 is 17.9 Å². The van der Waals surface area contributed by atoms with Crippen molar-refractivity contribution in [1.29, 1.82) is 0 Å². The van der Waals surface area contributed by atoms with E-state index in [1.165, 1.54) is 16.6 Å². The van der Waals surface area contributed by atoms with Crippen molar-refractivity contribution in [3.05, 3.63) is 46.6 Å². The molecule has 1 aromatic carbocycles. The Balaban J connectivity index is 1.89. The van der Waals surface area contributed by atoms with Gasteiger partial charge in [0.05, 0.1) is 23.4 Å². The number of sulfonamides is 1. The number of amides is 1. The van der Waals surface area contributed by atoms with Crippen molar-refractivity contribution in [3.8, 4) is 5.75 Å². The maximum Gasteiger partial charge on any atom is 0.257 e. The van der Waals surface area contributed by atoms with Gasteiger partial charge in [0, 0.05) is 24.5 Å². The van der Waals surface area contributed by atoms with Crippen molar-refractivity contribution >= 4 is 39.0 Å². The number of pyridine rings is 1. The lowest BCUT2D eigenvalue weighted by Gasteiger charge is -2.17. The van der Waals surface area contributed by atoms with Gasteiger partial charge >= 0.3 is 0 Å². The second-order valence-corrected chi connectivity index (χ2v) is 8.96. The van der Waals surface area contributed by atoms with E-state index in [4.69, 9.17) is 16.3 Å². The number of carbonyl (C=O) groups excluding carboxylic acids is 1. The molecule has 0 saturated carbocycles. The van der Waals surface area contributed by atoms with Crippen LogP contribution in [0.1, 0.15) is 35.7 Å². The highest BCUT2D eigenvalue weighted by Gasteiger charge is 2.30. The van der Waals surface area contributed by atoms with Crippen LogP contribution in [-0.4, -0.2) is 38.7 Å². The molecule has 1 saturated heterocycles. The molecule has 0 atom stereocenters. The summed E-state index contributed by atoms with van der Waals surface area (Å²) in [7, 11) is -1.83. The van der Waals surface area contributed by atoms with Crippen LogP contribution in [0.2, 0.25) is 5.02 Å². The second-order valence-electron chi connectivity index (χ2n) is 6.54. The Morgan fingerprint density at radius 3 is 2.75 bits per heavy atom. The zero-order valence-electron chi connectivity index (χ0n) is 15.7. The highest BCUT2D eigenvalue weighted by atomic mass is 35.5. The Morgan fingerprint density at radius 1 is 1.32 bits per heavy atom. The largest absolute Gasteiger partial charge is 0.497 e. The van der Waals surface area contributed by atoms with E-state index in [0.29, 0.717) is 24.4 Å². The third-order valence-electron chi connectivity index (χ3n) is 4.44. The zero-order valence-corrected chi connectivity index (χ0v) is 17.3. The molecule has 0 unspecified atom stereocenters. The van der Waals surface area contributed by atoms with E-state index < -0.39 is 15.9 Å². The molecule has 1 aromatic heterocycles. The molecule has 1 amide bonds. The molecule has 1 N–H and O–H groups in total. The van der Waals surface area contributed by atoms with E-state index in [1.807, 2.05) is 12.1 Å². The van der Waals surface area contributed by atoms with E-state index in [0.717, 1.165) is 18.4 Å². The van der Waals surface area contributed by atoms with Crippen LogP contribution in [0.4, 0.5) is 11.5 Å². The molecule has 3 rings (SSSR count). The number of carbonyl (C=O) groups is 1. The minimum atomic E-state index is -3.40. The highest BCUT2D eigenvalue weighted by molar-refractivity contribution is 7.93. The van der Waals surface area contributed by atoms with Crippen molar-refractivity contribution in [2.45, 2.75) is 26.2 Å². The van der Waals surface area contributed by atoms with Crippen LogP contribution in [0, 0.1) is 0 Å². The van der Waals surface area contributed by atoms with Crippen LogP contribution in [-0.2, 0) is 16.4 Å². The molecule has 1 aliphatic rings. The van der Waals surface area contributed by atoms with Crippen molar-refractivity contribution in [2.75, 3.05) is 29.0 Å². The lowest BCUT2D eigenvalue weighted by molar-refractivity contribution is 0.102. The lowest BCUT2D eigenvalue weighted by Crippen LogP contribution is -2.26. The summed E-state index contributed by atoms with van der Waals surface area (Å²) < 4.78 is 30.8. The average Bonchev–Trinajstić information content (AvgIpc) is 3.01. The van der Waals surface area contributed by atoms with Gasteiger partial charge in [0.15, 0.2) is 0 Å². The number of rotatable bonds is 6. The van der Waals surface area contributed by atoms with Crippen molar-refractivity contribution in [1.82, 2.24) is 4.98 Å². The predicted octanol–water partition coefficient (Wildman–Crippen LogP) is 3.49. The fourth-order valence-electron chi connectivity index (χ4n) is 3.12. The van der Waals surface area contributed by atoms with E-state index in [1.54, 1.807) is 13.2 Å². The maximum atomic E-state index is 12.8. The Morgan fingerprint density at radius 2 is 2.11 bits per heavy atom. The van der Waals surface area contributed by atoms with Gasteiger partial charge in [-0.05, 0) is 36.6 Å². The molecule has 7 nitrogen and oxygen atoms in total. The number of hydrogen-bond donors (Lipinski definition) is 1. The fraction of sp³-hybridized carbons (Fsp3) is 0.368. The lowest BCUT2D eigenvalue weighted by atomic mass is 10.1. The van der Waals surface area contributed by atoms with Crippen LogP contribution < -0.4 is 14.4 Å². The quantitative estimate of drug-likeness (QED) is 0.768. The molecular formula is C19H22ClN3O4S. The van der Waals surface area contributed by atoms with E-state index in [9.17, 15) is 13.2 Å². The van der Waals surface area contributed by atoms with Gasteiger partial charge in [0.25, 0.3) is 5.91 Å². The summed E-state index contributed by atoms with van der Waals surface area (Å²) in [6.45, 7) is 2.41. The highest BCUT2D eigenvalue weighted by Crippen LogP contribution is 2.27. The summed E-state index contributed by atoms with van der Waals surface area (Å²) in [5.41, 5.74) is 1.78. The Bertz CT molecular complexity index is 995. The Hall–Kier alpha value is -2.32. The number of aryl methyl sites for hydroxylation is 1. The molecule has 9 heteroatoms. The number of nitrogens with one attached hydrogen (secondary N) is 1. The average molecular weight is 424 g/mol. The smallest absolute Gasteiger partial charge is 0.257 e. The number of halogens is 1. The van der Waals surface area contributed by atoms with Gasteiger partial charge in [0.2, 0.25) is 10.0 Å². The number of hydrogen-bond acceptors (Lipinski definition) is 5. The number of benzene rings is 1. The third kappa shape index (κ3) is 4.39. The van der Waals surface area contributed by atoms with E-state index >= 15 is 0 Å². The number of nitrogens with zero attached hydrogens (tertiary/aromatic N) is 2. The second kappa shape index (κ2) is 8.36. The third-order valence-corrected chi connectivity index (χ3v) is 6.59. The molecule has 0 spiro atoms. The van der Waals surface area contributed by atoms with Gasteiger partial charge in [-0.15, -0.1) is 0 Å². The number of aromatic nitrogens is 1. The van der Waals surface area contributed by atoms with Gasteiger partial charge in [-0.25, -0.2) is 13.4 Å². The predicted molar refractivity (Wildman–Crippen MR) is 110 cm³/mol. The van der Waals surface area contributed by atoms with Crippen LogP contribution in [0.3, 0.4) is 0 Å². The molecule has 1 fully saturated rings. The first-order valence-corrected chi connectivity index (χ1v) is 11.0. The normalized spacial score (nSPS) is 15.5. The minimum Gasteiger partial charge on any atom is -0.497 e. The summed E-state index contributed by atoms with van der Waals surface area (Å²) in [6, 6.07) is 6.94. The van der Waals surface area contributed by atoms with Crippen LogP contribution in [0.15, 0.2) is 30.5 Å². The standard InChI is InChI=1S/C19H22ClN3O4S/c1-3-5-13-8-14(10-15(9-13)27-2)22-19(24)16-11-18(21-12-17(16)20)23-6-4-7-28(23,25)26/h8-12H,3-7H2,1-2H3,(H,22,24). The molecule has 1 aliphatic heterocycles. The number of methoxy groups -OCH3 is 1. The molecule has 2 heterocycles. The van der Waals surface area contributed by atoms with Gasteiger partial charge in [-0.1, -0.05) is 24.9 Å².